The summed E-state index contributed by atoms with van der Waals surface area (Å²) < 4.78 is 0. The summed E-state index contributed by atoms with van der Waals surface area (Å²) in [5, 5.41) is 12.3. The Balaban J connectivity index is 2.37. The van der Waals surface area contributed by atoms with Crippen LogP contribution in [0.15, 0.2) is 36.4 Å². The fourth-order valence-corrected chi connectivity index (χ4v) is 1.80. The van der Waals surface area contributed by atoms with E-state index in [9.17, 15) is 0 Å². The van der Waals surface area contributed by atoms with Crippen molar-refractivity contribution in [2.24, 2.45) is 0 Å². The fraction of sp³-hybridized carbons (Fsp3) is 0.133. The van der Waals surface area contributed by atoms with Crippen LogP contribution in [0.25, 0.3) is 0 Å². The van der Waals surface area contributed by atoms with Gasteiger partial charge in [-0.25, -0.2) is 0 Å². The second-order valence-electron chi connectivity index (χ2n) is 4.34. The molecule has 0 radical (unpaired) electrons. The molecule has 18 heavy (non-hydrogen) atoms. The molecule has 0 spiro atoms. The van der Waals surface area contributed by atoms with Crippen LogP contribution in [-0.4, -0.2) is 0 Å². The van der Waals surface area contributed by atoms with Crippen molar-refractivity contribution in [3.05, 3.63) is 53.1 Å². The van der Waals surface area contributed by atoms with Gasteiger partial charge in [-0.05, 0) is 55.3 Å². The number of nitrogen functional groups attached to an aromatic ring is 1. The molecule has 0 atom stereocenters. The molecule has 0 aliphatic rings. The number of nitrogens with two attached hydrogens (primary N) is 1. The molecule has 3 nitrogen and oxygen atoms in total. The van der Waals surface area contributed by atoms with E-state index in [0.717, 1.165) is 28.2 Å². The van der Waals surface area contributed by atoms with Crippen LogP contribution in [-0.2, 0) is 0 Å². The van der Waals surface area contributed by atoms with Gasteiger partial charge >= 0.3 is 0 Å². The Morgan fingerprint density at radius 2 is 1.78 bits per heavy atom. The van der Waals surface area contributed by atoms with Gasteiger partial charge in [0.2, 0.25) is 0 Å². The summed E-state index contributed by atoms with van der Waals surface area (Å²) >= 11 is 0. The van der Waals surface area contributed by atoms with E-state index in [0.29, 0.717) is 5.56 Å². The van der Waals surface area contributed by atoms with E-state index in [2.05, 4.69) is 11.4 Å². The molecule has 3 heteroatoms. The minimum Gasteiger partial charge on any atom is -0.399 e. The first-order valence-electron chi connectivity index (χ1n) is 5.74. The highest BCUT2D eigenvalue weighted by atomic mass is 14.9. The molecule has 0 heterocycles. The highest BCUT2D eigenvalue weighted by Crippen LogP contribution is 2.25. The van der Waals surface area contributed by atoms with Gasteiger partial charge in [0.05, 0.1) is 11.6 Å². The van der Waals surface area contributed by atoms with E-state index in [1.54, 1.807) is 0 Å². The maximum Gasteiger partial charge on any atom is 0.0992 e. The van der Waals surface area contributed by atoms with E-state index in [-0.39, 0.29) is 0 Å². The minimum atomic E-state index is 0.649. The predicted molar refractivity (Wildman–Crippen MR) is 74.8 cm³/mol. The molecule has 0 saturated heterocycles. The monoisotopic (exact) mass is 237 g/mol. The third-order valence-corrected chi connectivity index (χ3v) is 2.89. The first-order valence-corrected chi connectivity index (χ1v) is 5.74. The Bertz CT molecular complexity index is 624. The quantitative estimate of drug-likeness (QED) is 0.786. The summed E-state index contributed by atoms with van der Waals surface area (Å²) in [5.74, 6) is 0. The average Bonchev–Trinajstić information content (AvgIpc) is 2.35. The van der Waals surface area contributed by atoms with Gasteiger partial charge in [0.15, 0.2) is 0 Å². The van der Waals surface area contributed by atoms with Crippen molar-refractivity contribution in [2.75, 3.05) is 11.1 Å². The van der Waals surface area contributed by atoms with Crippen molar-refractivity contribution >= 4 is 17.1 Å². The van der Waals surface area contributed by atoms with Gasteiger partial charge in [-0.15, -0.1) is 0 Å². The Morgan fingerprint density at radius 3 is 2.44 bits per heavy atom. The minimum absolute atomic E-state index is 0.649. The van der Waals surface area contributed by atoms with E-state index >= 15 is 0 Å². The molecule has 0 aromatic heterocycles. The molecule has 0 bridgehead atoms. The molecule has 0 fully saturated rings. The zero-order valence-corrected chi connectivity index (χ0v) is 10.5. The topological polar surface area (TPSA) is 61.8 Å². The molecule has 2 aromatic rings. The summed E-state index contributed by atoms with van der Waals surface area (Å²) in [7, 11) is 0. The number of hydrogen-bond donors (Lipinski definition) is 2. The number of aryl methyl sites for hydroxylation is 2. The normalized spacial score (nSPS) is 9.83. The summed E-state index contributed by atoms with van der Waals surface area (Å²) in [5.41, 5.74) is 11.3. The van der Waals surface area contributed by atoms with Crippen LogP contribution in [0.5, 0.6) is 0 Å². The van der Waals surface area contributed by atoms with Crippen molar-refractivity contribution in [1.29, 1.82) is 5.26 Å². The first kappa shape index (κ1) is 12.0. The van der Waals surface area contributed by atoms with Crippen molar-refractivity contribution in [1.82, 2.24) is 0 Å². The lowest BCUT2D eigenvalue weighted by molar-refractivity contribution is 1.38. The van der Waals surface area contributed by atoms with Crippen molar-refractivity contribution in [3.63, 3.8) is 0 Å². The van der Waals surface area contributed by atoms with Gasteiger partial charge in [0.25, 0.3) is 0 Å². The molecular formula is C15H15N3. The average molecular weight is 237 g/mol. The standard InChI is InChI=1S/C15H15N3/c1-10-3-4-12(9-16)8-15(10)18-14-6-5-13(17)7-11(14)2/h3-8,18H,17H2,1-2H3. The summed E-state index contributed by atoms with van der Waals surface area (Å²) in [4.78, 5) is 0. The first-order chi connectivity index (χ1) is 8.60. The van der Waals surface area contributed by atoms with Crippen LogP contribution in [0.1, 0.15) is 16.7 Å². The van der Waals surface area contributed by atoms with Crippen molar-refractivity contribution in [3.8, 4) is 6.07 Å². The lowest BCUT2D eigenvalue weighted by Crippen LogP contribution is -1.97. The van der Waals surface area contributed by atoms with Crippen LogP contribution >= 0.6 is 0 Å². The lowest BCUT2D eigenvalue weighted by atomic mass is 10.1. The molecule has 3 N–H and O–H groups in total. The Morgan fingerprint density at radius 1 is 1.00 bits per heavy atom. The number of anilines is 3. The Labute approximate surface area is 107 Å². The predicted octanol–water partition coefficient (Wildman–Crippen LogP) is 3.50. The highest BCUT2D eigenvalue weighted by Gasteiger charge is 2.03. The number of nitriles is 1. The van der Waals surface area contributed by atoms with Crippen molar-refractivity contribution in [2.45, 2.75) is 13.8 Å². The van der Waals surface area contributed by atoms with E-state index in [4.69, 9.17) is 11.0 Å². The van der Waals surface area contributed by atoms with Crippen LogP contribution < -0.4 is 11.1 Å². The second kappa shape index (κ2) is 4.80. The van der Waals surface area contributed by atoms with Crippen LogP contribution in [0.3, 0.4) is 0 Å². The molecule has 0 aliphatic carbocycles. The van der Waals surface area contributed by atoms with E-state index in [1.165, 1.54) is 0 Å². The summed E-state index contributed by atoms with van der Waals surface area (Å²) in [6.45, 7) is 4.01. The number of nitrogens with zero attached hydrogens (tertiary/aromatic N) is 1. The SMILES string of the molecule is Cc1cc(N)ccc1Nc1cc(C#N)ccc1C. The molecule has 0 unspecified atom stereocenters. The van der Waals surface area contributed by atoms with Gasteiger partial charge in [-0.2, -0.15) is 5.26 Å². The van der Waals surface area contributed by atoms with Gasteiger partial charge < -0.3 is 11.1 Å². The van der Waals surface area contributed by atoms with Gasteiger partial charge in [0.1, 0.15) is 0 Å². The lowest BCUT2D eigenvalue weighted by Gasteiger charge is -2.12. The molecule has 2 aromatic carbocycles. The van der Waals surface area contributed by atoms with E-state index < -0.39 is 0 Å². The van der Waals surface area contributed by atoms with Gasteiger partial charge in [-0.3, -0.25) is 0 Å². The van der Waals surface area contributed by atoms with Gasteiger partial charge in [0, 0.05) is 17.1 Å². The second-order valence-corrected chi connectivity index (χ2v) is 4.34. The van der Waals surface area contributed by atoms with Crippen LogP contribution in [0.4, 0.5) is 17.1 Å². The zero-order chi connectivity index (χ0) is 13.1. The number of hydrogen-bond acceptors (Lipinski definition) is 3. The van der Waals surface area contributed by atoms with Gasteiger partial charge in [-0.1, -0.05) is 6.07 Å². The van der Waals surface area contributed by atoms with Crippen LogP contribution in [0.2, 0.25) is 0 Å². The third-order valence-electron chi connectivity index (χ3n) is 2.89. The largest absolute Gasteiger partial charge is 0.399 e. The summed E-state index contributed by atoms with van der Waals surface area (Å²) in [6.07, 6.45) is 0. The Kier molecular flexibility index (Phi) is 3.20. The molecular weight excluding hydrogens is 222 g/mol. The van der Waals surface area contributed by atoms with Crippen molar-refractivity contribution < 1.29 is 0 Å². The maximum atomic E-state index is 8.92. The fourth-order valence-electron chi connectivity index (χ4n) is 1.80. The molecule has 2 rings (SSSR count). The zero-order valence-electron chi connectivity index (χ0n) is 10.5. The van der Waals surface area contributed by atoms with Crippen LogP contribution in [0, 0.1) is 25.2 Å². The number of nitrogens with one attached hydrogen (secondary N) is 1. The maximum absolute atomic E-state index is 8.92. The number of rotatable bonds is 2. The summed E-state index contributed by atoms with van der Waals surface area (Å²) in [6, 6.07) is 13.5. The molecule has 90 valence electrons. The Hall–Kier alpha value is -2.47. The molecule has 0 aliphatic heterocycles. The van der Waals surface area contributed by atoms with E-state index in [1.807, 2.05) is 50.2 Å². The molecule has 0 amide bonds. The number of benzene rings is 2. The third kappa shape index (κ3) is 2.44. The molecule has 0 saturated carbocycles. The smallest absolute Gasteiger partial charge is 0.0992 e. The highest BCUT2D eigenvalue weighted by molar-refractivity contribution is 5.68.